The summed E-state index contributed by atoms with van der Waals surface area (Å²) in [5.41, 5.74) is -11.4. The van der Waals surface area contributed by atoms with Gasteiger partial charge >= 0.3 is 0 Å². The van der Waals surface area contributed by atoms with E-state index in [2.05, 4.69) is 15.9 Å². The van der Waals surface area contributed by atoms with E-state index in [0.717, 1.165) is 0 Å². The Hall–Kier alpha value is -1.00. The van der Waals surface area contributed by atoms with E-state index in [-0.39, 0.29) is 0 Å². The van der Waals surface area contributed by atoms with Crippen LogP contribution in [0.3, 0.4) is 0 Å². The van der Waals surface area contributed by atoms with Crippen LogP contribution < -0.4 is 0 Å². The molecule has 0 spiro atoms. The lowest BCUT2D eigenvalue weighted by molar-refractivity contribution is -0.229. The average molecular weight is 358 g/mol. The molecule has 0 fully saturated rings. The van der Waals surface area contributed by atoms with Crippen molar-refractivity contribution in [1.82, 2.24) is 0 Å². The van der Waals surface area contributed by atoms with Gasteiger partial charge in [0.2, 0.25) is 15.9 Å². The van der Waals surface area contributed by atoms with Gasteiger partial charge in [0, 0.05) is 4.11 Å². The molecule has 0 amide bonds. The number of hydrogen-bond acceptors (Lipinski definition) is 8. The third-order valence-corrected chi connectivity index (χ3v) is 3.48. The van der Waals surface area contributed by atoms with Crippen LogP contribution in [0.25, 0.3) is 0 Å². The summed E-state index contributed by atoms with van der Waals surface area (Å²) in [5, 5.41) is 40.2. The van der Waals surface area contributed by atoms with Gasteiger partial charge in [0.25, 0.3) is 0 Å². The lowest BCUT2D eigenvalue weighted by Crippen LogP contribution is -2.78. The molecule has 0 saturated heterocycles. The molecule has 0 radical (unpaired) electrons. The number of rotatable bonds is 7. The first-order chi connectivity index (χ1) is 10.4. The highest BCUT2D eigenvalue weighted by atomic mass is 79.9. The molecule has 0 heterocycles. The molecule has 0 aliphatic rings. The molecular formula is C11H15BrO8. The van der Waals surface area contributed by atoms with E-state index in [1.54, 1.807) is 0 Å². The van der Waals surface area contributed by atoms with Gasteiger partial charge in [-0.3, -0.25) is 19.2 Å². The van der Waals surface area contributed by atoms with Crippen LogP contribution in [0.5, 0.6) is 0 Å². The molecule has 0 aromatic carbocycles. The van der Waals surface area contributed by atoms with Gasteiger partial charge in [-0.15, -0.1) is 0 Å². The standard InChI is InChI=1S/C11H15BrO8/c1-5(14)9(18,4-13)11(20,7(3)16)10(19,6(2)15)8(12)17/h13,18-20H,4H2,1-3H3/t9-,10+,11-/m0/s1/i1D,2D,3D. The third-order valence-electron chi connectivity index (χ3n) is 2.90. The zero-order valence-corrected chi connectivity index (χ0v) is 11.7. The van der Waals surface area contributed by atoms with Gasteiger partial charge < -0.3 is 20.4 Å². The molecule has 20 heavy (non-hydrogen) atoms. The number of Topliss-reactive ketones (excluding diaryl/α,β-unsaturated/α-hetero) is 3. The van der Waals surface area contributed by atoms with Gasteiger partial charge in [0.1, 0.15) is 0 Å². The number of carbonyl (C=O) groups excluding carboxylic acids is 4. The first-order valence-corrected chi connectivity index (χ1v) is 5.70. The SMILES string of the molecule is [2H]CC(=O)[C@@](O)(C(=O)Br)[C@](O)(C(=O)C[2H])[C@](O)(CO)C(=O)C[2H]. The first-order valence-electron chi connectivity index (χ1n) is 7.03. The minimum absolute atomic E-state index is 1.29. The fourth-order valence-electron chi connectivity index (χ4n) is 1.59. The van der Waals surface area contributed by atoms with Crippen LogP contribution in [-0.2, 0) is 19.2 Å². The Morgan fingerprint density at radius 3 is 1.75 bits per heavy atom. The lowest BCUT2D eigenvalue weighted by Gasteiger charge is -2.45. The van der Waals surface area contributed by atoms with E-state index in [9.17, 15) is 39.6 Å². The van der Waals surface area contributed by atoms with Crippen molar-refractivity contribution in [2.24, 2.45) is 0 Å². The van der Waals surface area contributed by atoms with Crippen molar-refractivity contribution < 1.29 is 43.7 Å². The van der Waals surface area contributed by atoms with Crippen molar-refractivity contribution in [3.63, 3.8) is 0 Å². The molecule has 0 rings (SSSR count). The van der Waals surface area contributed by atoms with Gasteiger partial charge in [0.15, 0.2) is 23.0 Å². The van der Waals surface area contributed by atoms with Crippen LogP contribution in [0, 0.1) is 0 Å². The molecule has 0 saturated carbocycles. The van der Waals surface area contributed by atoms with Gasteiger partial charge in [0.05, 0.1) is 6.61 Å². The number of carbonyl (C=O) groups is 4. The van der Waals surface area contributed by atoms with Gasteiger partial charge in [-0.25, -0.2) is 0 Å². The number of aliphatic hydroxyl groups excluding tert-OH is 1. The molecule has 0 aromatic heterocycles. The van der Waals surface area contributed by atoms with Crippen LogP contribution in [0.2, 0.25) is 0 Å². The molecule has 0 bridgehead atoms. The molecule has 0 aliphatic heterocycles. The number of hydrogen-bond donors (Lipinski definition) is 4. The van der Waals surface area contributed by atoms with E-state index in [1.165, 1.54) is 0 Å². The lowest BCUT2D eigenvalue weighted by atomic mass is 9.66. The van der Waals surface area contributed by atoms with Crippen molar-refractivity contribution in [3.8, 4) is 0 Å². The molecule has 8 nitrogen and oxygen atoms in total. The molecule has 0 unspecified atom stereocenters. The normalized spacial score (nSPS) is 22.1. The van der Waals surface area contributed by atoms with Crippen LogP contribution in [0.1, 0.15) is 24.8 Å². The second kappa shape index (κ2) is 5.78. The Bertz CT molecular complexity index is 529. The highest BCUT2D eigenvalue weighted by Gasteiger charge is 2.71. The van der Waals surface area contributed by atoms with E-state index in [4.69, 9.17) is 4.11 Å². The zero-order valence-electron chi connectivity index (χ0n) is 13.1. The predicted molar refractivity (Wildman–Crippen MR) is 67.9 cm³/mol. The summed E-state index contributed by atoms with van der Waals surface area (Å²) in [5.74, 6) is -5.30. The summed E-state index contributed by atoms with van der Waals surface area (Å²) in [6, 6.07) is 0. The second-order valence-corrected chi connectivity index (χ2v) is 4.70. The first kappa shape index (κ1) is 14.0. The molecule has 4 N–H and O–H groups in total. The Morgan fingerprint density at radius 1 is 1.00 bits per heavy atom. The minimum atomic E-state index is -3.96. The summed E-state index contributed by atoms with van der Waals surface area (Å²) in [6.45, 7) is -5.75. The van der Waals surface area contributed by atoms with E-state index >= 15 is 0 Å². The maximum atomic E-state index is 12.0. The zero-order chi connectivity index (χ0) is 18.6. The van der Waals surface area contributed by atoms with E-state index < -0.39 is 66.2 Å². The number of ketones is 3. The maximum absolute atomic E-state index is 12.0. The Balaban J connectivity index is 6.86. The average Bonchev–Trinajstić information content (AvgIpc) is 2.56. The molecule has 0 aliphatic carbocycles. The smallest absolute Gasteiger partial charge is 0.240 e. The van der Waals surface area contributed by atoms with Gasteiger partial charge in [-0.05, 0) is 36.6 Å². The summed E-state index contributed by atoms with van der Waals surface area (Å²) in [4.78, 5) is 47.2. The topological polar surface area (TPSA) is 149 Å². The molecule has 3 atom stereocenters. The van der Waals surface area contributed by atoms with E-state index in [0.29, 0.717) is 0 Å². The van der Waals surface area contributed by atoms with Crippen molar-refractivity contribution in [1.29, 1.82) is 0 Å². The van der Waals surface area contributed by atoms with Crippen molar-refractivity contribution in [3.05, 3.63) is 0 Å². The van der Waals surface area contributed by atoms with Gasteiger partial charge in [-0.1, -0.05) is 0 Å². The summed E-state index contributed by atoms with van der Waals surface area (Å²) in [7, 11) is 0. The van der Waals surface area contributed by atoms with Crippen LogP contribution >= 0.6 is 15.9 Å². The number of aliphatic hydroxyl groups is 4. The summed E-state index contributed by atoms with van der Waals surface area (Å²) < 4.78 is 19.1. The molecule has 114 valence electrons. The predicted octanol–water partition coefficient (Wildman–Crippen LogP) is -2.14. The second-order valence-electron chi connectivity index (χ2n) is 3.98. The number of halogens is 1. The molecule has 9 heteroatoms. The summed E-state index contributed by atoms with van der Waals surface area (Å²) >= 11 is 2.15. The Morgan fingerprint density at radius 2 is 1.45 bits per heavy atom. The van der Waals surface area contributed by atoms with Crippen LogP contribution in [0.4, 0.5) is 0 Å². The highest BCUT2D eigenvalue weighted by Crippen LogP contribution is 2.38. The Kier molecular flexibility index (Phi) is 4.03. The summed E-state index contributed by atoms with van der Waals surface area (Å²) in [6.07, 6.45) is 0. The van der Waals surface area contributed by atoms with Crippen LogP contribution in [-0.4, -0.2) is 65.9 Å². The third kappa shape index (κ3) is 2.25. The highest BCUT2D eigenvalue weighted by molar-refractivity contribution is 9.18. The Labute approximate surface area is 126 Å². The van der Waals surface area contributed by atoms with Crippen molar-refractivity contribution in [2.75, 3.05) is 6.61 Å². The fraction of sp³-hybridized carbons (Fsp3) is 0.636. The van der Waals surface area contributed by atoms with E-state index in [1.807, 2.05) is 0 Å². The largest absolute Gasteiger partial charge is 0.393 e. The maximum Gasteiger partial charge on any atom is 0.240 e. The van der Waals surface area contributed by atoms with Gasteiger partial charge in [-0.2, -0.15) is 0 Å². The molecule has 0 aromatic rings. The fourth-order valence-corrected chi connectivity index (χ4v) is 2.10. The van der Waals surface area contributed by atoms with Crippen LogP contribution in [0.15, 0.2) is 0 Å². The quantitative estimate of drug-likeness (QED) is 0.298. The molecular weight excluding hydrogens is 340 g/mol. The monoisotopic (exact) mass is 357 g/mol. The van der Waals surface area contributed by atoms with Crippen molar-refractivity contribution in [2.45, 2.75) is 37.5 Å². The minimum Gasteiger partial charge on any atom is -0.393 e. The van der Waals surface area contributed by atoms with Crippen molar-refractivity contribution >= 4 is 38.0 Å².